The van der Waals surface area contributed by atoms with Crippen molar-refractivity contribution in [2.45, 2.75) is 13.0 Å². The lowest BCUT2D eigenvalue weighted by molar-refractivity contribution is -0.135. The van der Waals surface area contributed by atoms with Crippen LogP contribution in [0.25, 0.3) is 22.2 Å². The molecule has 0 spiro atoms. The first kappa shape index (κ1) is 16.6. The fourth-order valence-electron chi connectivity index (χ4n) is 2.96. The molecule has 0 bridgehead atoms. The maximum absolute atomic E-state index is 14.1. The third kappa shape index (κ3) is 2.61. The Morgan fingerprint density at radius 2 is 1.85 bits per heavy atom. The summed E-state index contributed by atoms with van der Waals surface area (Å²) in [7, 11) is 0. The van der Waals surface area contributed by atoms with E-state index in [0.29, 0.717) is 13.1 Å². The second-order valence-corrected chi connectivity index (χ2v) is 6.15. The highest BCUT2D eigenvalue weighted by Crippen LogP contribution is 2.29. The first-order valence-corrected chi connectivity index (χ1v) is 8.01. The Kier molecular flexibility index (Phi) is 3.90. The summed E-state index contributed by atoms with van der Waals surface area (Å²) in [4.78, 5) is 17.8. The predicted molar refractivity (Wildman–Crippen MR) is 86.2 cm³/mol. The molecule has 1 fully saturated rings. The van der Waals surface area contributed by atoms with E-state index >= 15 is 0 Å². The van der Waals surface area contributed by atoms with E-state index < -0.39 is 23.3 Å². The van der Waals surface area contributed by atoms with Crippen molar-refractivity contribution in [2.75, 3.05) is 13.1 Å². The van der Waals surface area contributed by atoms with Crippen LogP contribution in [0.15, 0.2) is 30.6 Å². The summed E-state index contributed by atoms with van der Waals surface area (Å²) in [5.74, 6) is -5.00. The van der Waals surface area contributed by atoms with Crippen LogP contribution in [-0.4, -0.2) is 33.4 Å². The predicted octanol–water partition coefficient (Wildman–Crippen LogP) is 3.49. The van der Waals surface area contributed by atoms with Crippen LogP contribution in [0.1, 0.15) is 6.42 Å². The molecule has 3 aromatic rings. The summed E-state index contributed by atoms with van der Waals surface area (Å²) < 4.78 is 56.1. The molecule has 26 heavy (non-hydrogen) atoms. The van der Waals surface area contributed by atoms with Crippen LogP contribution in [0.4, 0.5) is 17.6 Å². The van der Waals surface area contributed by atoms with Gasteiger partial charge in [-0.05, 0) is 24.6 Å². The molecule has 4 nitrogen and oxygen atoms in total. The number of carbonyl (C=O) groups is 1. The summed E-state index contributed by atoms with van der Waals surface area (Å²) in [6.07, 6.45) is 3.27. The number of pyridine rings is 1. The first-order chi connectivity index (χ1) is 12.5. The van der Waals surface area contributed by atoms with Crippen LogP contribution in [0, 0.1) is 23.3 Å². The molecule has 2 aromatic heterocycles. The molecule has 1 amide bonds. The fourth-order valence-corrected chi connectivity index (χ4v) is 2.96. The second kappa shape index (κ2) is 6.12. The second-order valence-electron chi connectivity index (χ2n) is 6.15. The normalized spacial score (nSPS) is 13.9. The van der Waals surface area contributed by atoms with Crippen LogP contribution < -0.4 is 0 Å². The smallest absolute Gasteiger partial charge is 0.242 e. The Bertz CT molecular complexity index is 1030. The van der Waals surface area contributed by atoms with Crippen molar-refractivity contribution < 1.29 is 22.4 Å². The average Bonchev–Trinajstić information content (AvgIpc) is 2.86. The zero-order valence-corrected chi connectivity index (χ0v) is 13.5. The maximum Gasteiger partial charge on any atom is 0.242 e. The number of aromatic nitrogens is 2. The van der Waals surface area contributed by atoms with E-state index in [-0.39, 0.29) is 34.6 Å². The third-order valence-corrected chi connectivity index (χ3v) is 4.53. The van der Waals surface area contributed by atoms with Gasteiger partial charge < -0.3 is 9.47 Å². The molecule has 3 heterocycles. The number of hydrogen-bond donors (Lipinski definition) is 0. The zero-order chi connectivity index (χ0) is 18.4. The molecule has 1 aromatic carbocycles. The number of carbonyl (C=O) groups excluding carboxylic acids is 1. The molecular formula is C18H13F4N3O. The van der Waals surface area contributed by atoms with Crippen LogP contribution in [0.2, 0.25) is 0 Å². The Labute approximate surface area is 145 Å². The van der Waals surface area contributed by atoms with E-state index in [2.05, 4.69) is 4.98 Å². The van der Waals surface area contributed by atoms with Crippen molar-refractivity contribution in [1.82, 2.24) is 14.5 Å². The summed E-state index contributed by atoms with van der Waals surface area (Å²) in [5, 5.41) is 0. The Balaban J connectivity index is 1.78. The molecule has 8 heteroatoms. The lowest BCUT2D eigenvalue weighted by Gasteiger charge is -2.31. The minimum Gasteiger partial charge on any atom is -0.341 e. The van der Waals surface area contributed by atoms with Gasteiger partial charge in [-0.2, -0.15) is 0 Å². The van der Waals surface area contributed by atoms with Crippen molar-refractivity contribution in [2.24, 2.45) is 0 Å². The summed E-state index contributed by atoms with van der Waals surface area (Å²) in [6.45, 7) is 1.26. The van der Waals surface area contributed by atoms with Gasteiger partial charge >= 0.3 is 0 Å². The Morgan fingerprint density at radius 3 is 2.54 bits per heavy atom. The molecule has 134 valence electrons. The van der Waals surface area contributed by atoms with Gasteiger partial charge in [0, 0.05) is 36.6 Å². The van der Waals surface area contributed by atoms with E-state index in [1.54, 1.807) is 4.90 Å². The molecule has 1 aliphatic rings. The van der Waals surface area contributed by atoms with Gasteiger partial charge in [0.25, 0.3) is 0 Å². The Hall–Kier alpha value is -2.90. The van der Waals surface area contributed by atoms with Crippen molar-refractivity contribution in [1.29, 1.82) is 0 Å². The molecule has 0 aliphatic carbocycles. The molecule has 0 saturated carbocycles. The standard InChI is InChI=1S/C18H13F4N3O/c19-12-3-2-11(16(21)17(12)22)10-6-14-18(23-7-10)13(20)8-25(14)9-15(26)24-4-1-5-24/h2-3,6-8H,1,4-5,9H2. The summed E-state index contributed by atoms with van der Waals surface area (Å²) in [5.41, 5.74) is 0.260. The lowest BCUT2D eigenvalue weighted by Crippen LogP contribution is -2.43. The Morgan fingerprint density at radius 1 is 1.08 bits per heavy atom. The number of fused-ring (bicyclic) bond motifs is 1. The van der Waals surface area contributed by atoms with Crippen LogP contribution in [0.5, 0.6) is 0 Å². The van der Waals surface area contributed by atoms with E-state index in [9.17, 15) is 22.4 Å². The molecule has 1 aliphatic heterocycles. The van der Waals surface area contributed by atoms with Crippen LogP contribution >= 0.6 is 0 Å². The van der Waals surface area contributed by atoms with E-state index in [1.165, 1.54) is 16.8 Å². The SMILES string of the molecule is O=C(Cn1cc(F)c2ncc(-c3ccc(F)c(F)c3F)cc21)N1CCC1. The molecule has 0 radical (unpaired) electrons. The van der Waals surface area contributed by atoms with Crippen molar-refractivity contribution in [3.8, 4) is 11.1 Å². The number of halogens is 4. The summed E-state index contributed by atoms with van der Waals surface area (Å²) >= 11 is 0. The summed E-state index contributed by atoms with van der Waals surface area (Å²) in [6, 6.07) is 3.31. The average molecular weight is 363 g/mol. The van der Waals surface area contributed by atoms with Gasteiger partial charge in [0.2, 0.25) is 5.91 Å². The number of amides is 1. The monoisotopic (exact) mass is 363 g/mol. The molecule has 0 unspecified atom stereocenters. The van der Waals surface area contributed by atoms with Gasteiger partial charge in [-0.3, -0.25) is 9.78 Å². The quantitative estimate of drug-likeness (QED) is 0.528. The highest BCUT2D eigenvalue weighted by molar-refractivity contribution is 5.84. The molecule has 1 saturated heterocycles. The number of nitrogens with zero attached hydrogens (tertiary/aromatic N) is 3. The topological polar surface area (TPSA) is 38.1 Å². The molecule has 4 rings (SSSR count). The van der Waals surface area contributed by atoms with Gasteiger partial charge in [0.15, 0.2) is 23.3 Å². The van der Waals surface area contributed by atoms with Crippen LogP contribution in [0.3, 0.4) is 0 Å². The van der Waals surface area contributed by atoms with E-state index in [1.807, 2.05) is 0 Å². The van der Waals surface area contributed by atoms with Gasteiger partial charge in [0.05, 0.1) is 5.52 Å². The van der Waals surface area contributed by atoms with Gasteiger partial charge in [-0.25, -0.2) is 17.6 Å². The number of hydrogen-bond acceptors (Lipinski definition) is 2. The largest absolute Gasteiger partial charge is 0.341 e. The maximum atomic E-state index is 14.1. The highest BCUT2D eigenvalue weighted by atomic mass is 19.2. The van der Waals surface area contributed by atoms with E-state index in [4.69, 9.17) is 0 Å². The zero-order valence-electron chi connectivity index (χ0n) is 13.5. The van der Waals surface area contributed by atoms with Gasteiger partial charge in [0.1, 0.15) is 12.1 Å². The third-order valence-electron chi connectivity index (χ3n) is 4.53. The molecular weight excluding hydrogens is 350 g/mol. The fraction of sp³-hybridized carbons (Fsp3) is 0.222. The highest BCUT2D eigenvalue weighted by Gasteiger charge is 2.22. The van der Waals surface area contributed by atoms with Crippen molar-refractivity contribution in [3.63, 3.8) is 0 Å². The minimum atomic E-state index is -1.59. The van der Waals surface area contributed by atoms with Gasteiger partial charge in [-0.1, -0.05) is 0 Å². The number of rotatable bonds is 3. The van der Waals surface area contributed by atoms with Crippen molar-refractivity contribution in [3.05, 3.63) is 53.9 Å². The molecule has 0 atom stereocenters. The number of likely N-dealkylation sites (tertiary alicyclic amines) is 1. The van der Waals surface area contributed by atoms with Gasteiger partial charge in [-0.15, -0.1) is 0 Å². The van der Waals surface area contributed by atoms with Crippen LogP contribution in [-0.2, 0) is 11.3 Å². The minimum absolute atomic E-state index is 0.0214. The lowest BCUT2D eigenvalue weighted by atomic mass is 10.1. The van der Waals surface area contributed by atoms with E-state index in [0.717, 1.165) is 24.8 Å². The number of benzene rings is 1. The first-order valence-electron chi connectivity index (χ1n) is 8.01. The van der Waals surface area contributed by atoms with Crippen molar-refractivity contribution >= 4 is 16.9 Å². The molecule has 0 N–H and O–H groups in total.